The Morgan fingerprint density at radius 1 is 1.15 bits per heavy atom. The smallest absolute Gasteiger partial charge is 0.319 e. The van der Waals surface area contributed by atoms with Crippen molar-refractivity contribution in [2.24, 2.45) is 5.73 Å². The van der Waals surface area contributed by atoms with Crippen molar-refractivity contribution in [1.82, 2.24) is 4.98 Å². The molecular formula is C13H9ClF4N2. The second-order valence-electron chi connectivity index (χ2n) is 4.10. The predicted molar refractivity (Wildman–Crippen MR) is 66.7 cm³/mol. The number of nitrogens with two attached hydrogens (primary N) is 1. The summed E-state index contributed by atoms with van der Waals surface area (Å²) in [4.78, 5) is 3.49. The van der Waals surface area contributed by atoms with Gasteiger partial charge in [-0.3, -0.25) is 0 Å². The van der Waals surface area contributed by atoms with Crippen molar-refractivity contribution in [3.8, 4) is 0 Å². The Labute approximate surface area is 117 Å². The van der Waals surface area contributed by atoms with Crippen LogP contribution in [0.5, 0.6) is 0 Å². The Bertz CT molecular complexity index is 628. The van der Waals surface area contributed by atoms with Gasteiger partial charge in [-0.1, -0.05) is 23.7 Å². The average Bonchev–Trinajstić information content (AvgIpc) is 2.40. The summed E-state index contributed by atoms with van der Waals surface area (Å²) in [5.74, 6) is -0.625. The van der Waals surface area contributed by atoms with Crippen LogP contribution >= 0.6 is 11.6 Å². The van der Waals surface area contributed by atoms with E-state index >= 15 is 0 Å². The van der Waals surface area contributed by atoms with E-state index in [1.165, 1.54) is 24.3 Å². The average molecular weight is 305 g/mol. The summed E-state index contributed by atoms with van der Waals surface area (Å²) < 4.78 is 50.8. The molecule has 20 heavy (non-hydrogen) atoms. The van der Waals surface area contributed by atoms with Crippen LogP contribution in [0.4, 0.5) is 17.6 Å². The van der Waals surface area contributed by atoms with Gasteiger partial charge in [0.15, 0.2) is 0 Å². The van der Waals surface area contributed by atoms with E-state index in [1.807, 2.05) is 0 Å². The Hall–Kier alpha value is -1.66. The van der Waals surface area contributed by atoms with Gasteiger partial charge in [0.1, 0.15) is 11.5 Å². The Balaban J connectivity index is 2.38. The predicted octanol–water partition coefficient (Wildman–Crippen LogP) is 3.94. The van der Waals surface area contributed by atoms with Gasteiger partial charge in [0.2, 0.25) is 0 Å². The summed E-state index contributed by atoms with van der Waals surface area (Å²) in [6, 6.07) is 6.25. The van der Waals surface area contributed by atoms with Crippen LogP contribution in [0.15, 0.2) is 36.4 Å². The van der Waals surface area contributed by atoms with Crippen LogP contribution in [0.1, 0.15) is 23.0 Å². The molecule has 0 spiro atoms. The first-order valence-corrected chi connectivity index (χ1v) is 5.91. The number of benzene rings is 1. The minimum absolute atomic E-state index is 0.0301. The van der Waals surface area contributed by atoms with E-state index < -0.39 is 23.7 Å². The zero-order valence-corrected chi connectivity index (χ0v) is 10.7. The third kappa shape index (κ3) is 3.08. The number of hydrogen-bond donors (Lipinski definition) is 1. The molecule has 0 unspecified atom stereocenters. The third-order valence-electron chi connectivity index (χ3n) is 2.68. The van der Waals surface area contributed by atoms with Crippen LogP contribution in [0, 0.1) is 5.82 Å². The van der Waals surface area contributed by atoms with Crippen molar-refractivity contribution < 1.29 is 17.6 Å². The second kappa shape index (κ2) is 5.38. The quantitative estimate of drug-likeness (QED) is 0.854. The summed E-state index contributed by atoms with van der Waals surface area (Å²) in [7, 11) is 0. The molecule has 2 rings (SSSR count). The molecule has 2 N–H and O–H groups in total. The van der Waals surface area contributed by atoms with Gasteiger partial charge in [0.05, 0.1) is 16.8 Å². The summed E-state index contributed by atoms with van der Waals surface area (Å²) >= 11 is 5.62. The van der Waals surface area contributed by atoms with Crippen LogP contribution in [0.25, 0.3) is 0 Å². The SMILES string of the molecule is N[C@H](c1ccc(F)c(Cl)c1)c1cccc(C(F)(F)F)n1. The third-order valence-corrected chi connectivity index (χ3v) is 2.97. The lowest BCUT2D eigenvalue weighted by Crippen LogP contribution is -2.16. The number of nitrogens with zero attached hydrogens (tertiary/aromatic N) is 1. The molecule has 2 nitrogen and oxygen atoms in total. The molecule has 0 aliphatic carbocycles. The maximum atomic E-state index is 13.0. The summed E-state index contributed by atoms with van der Waals surface area (Å²) in [5, 5.41) is -0.148. The van der Waals surface area contributed by atoms with Crippen molar-refractivity contribution in [2.75, 3.05) is 0 Å². The highest BCUT2D eigenvalue weighted by molar-refractivity contribution is 6.30. The fourth-order valence-electron chi connectivity index (χ4n) is 1.66. The first-order valence-electron chi connectivity index (χ1n) is 5.53. The number of alkyl halides is 3. The van der Waals surface area contributed by atoms with E-state index in [1.54, 1.807) is 0 Å². The number of aromatic nitrogens is 1. The molecule has 2 aromatic rings. The Morgan fingerprint density at radius 3 is 2.45 bits per heavy atom. The van der Waals surface area contributed by atoms with Gasteiger partial charge in [0.25, 0.3) is 0 Å². The topological polar surface area (TPSA) is 38.9 Å². The maximum absolute atomic E-state index is 13.0. The largest absolute Gasteiger partial charge is 0.433 e. The van der Waals surface area contributed by atoms with Gasteiger partial charge in [-0.05, 0) is 29.8 Å². The van der Waals surface area contributed by atoms with E-state index in [4.69, 9.17) is 17.3 Å². The number of rotatable bonds is 2. The summed E-state index contributed by atoms with van der Waals surface area (Å²) in [6.45, 7) is 0. The molecule has 7 heteroatoms. The Morgan fingerprint density at radius 2 is 1.85 bits per heavy atom. The molecular weight excluding hydrogens is 296 g/mol. The molecule has 0 aliphatic rings. The highest BCUT2D eigenvalue weighted by atomic mass is 35.5. The van der Waals surface area contributed by atoms with E-state index in [9.17, 15) is 17.6 Å². The van der Waals surface area contributed by atoms with Gasteiger partial charge in [0, 0.05) is 0 Å². The lowest BCUT2D eigenvalue weighted by molar-refractivity contribution is -0.141. The molecule has 1 aromatic heterocycles. The normalized spacial score (nSPS) is 13.3. The van der Waals surface area contributed by atoms with Gasteiger partial charge < -0.3 is 5.73 Å². The van der Waals surface area contributed by atoms with Crippen molar-refractivity contribution in [3.63, 3.8) is 0 Å². The van der Waals surface area contributed by atoms with Gasteiger partial charge >= 0.3 is 6.18 Å². The van der Waals surface area contributed by atoms with Crippen molar-refractivity contribution in [2.45, 2.75) is 12.2 Å². The number of hydrogen-bond acceptors (Lipinski definition) is 2. The molecule has 106 valence electrons. The van der Waals surface area contributed by atoms with Crippen LogP contribution in [-0.2, 0) is 6.18 Å². The Kier molecular flexibility index (Phi) is 3.96. The van der Waals surface area contributed by atoms with Crippen molar-refractivity contribution in [1.29, 1.82) is 0 Å². The van der Waals surface area contributed by atoms with Gasteiger partial charge in [-0.25, -0.2) is 9.37 Å². The lowest BCUT2D eigenvalue weighted by Gasteiger charge is -2.14. The minimum Gasteiger partial charge on any atom is -0.319 e. The van der Waals surface area contributed by atoms with Gasteiger partial charge in [-0.2, -0.15) is 13.2 Å². The van der Waals surface area contributed by atoms with Crippen LogP contribution in [0.3, 0.4) is 0 Å². The second-order valence-corrected chi connectivity index (χ2v) is 4.50. The van der Waals surface area contributed by atoms with E-state index in [0.29, 0.717) is 5.56 Å². The first kappa shape index (κ1) is 14.7. The lowest BCUT2D eigenvalue weighted by atomic mass is 10.0. The molecule has 0 bridgehead atoms. The highest BCUT2D eigenvalue weighted by Gasteiger charge is 2.32. The molecule has 0 aliphatic heterocycles. The summed E-state index contributed by atoms with van der Waals surface area (Å²) in [5.41, 5.74) is 5.22. The molecule has 0 saturated carbocycles. The monoisotopic (exact) mass is 304 g/mol. The van der Waals surface area contributed by atoms with Crippen LogP contribution in [0.2, 0.25) is 5.02 Å². The maximum Gasteiger partial charge on any atom is 0.433 e. The van der Waals surface area contributed by atoms with Crippen LogP contribution < -0.4 is 5.73 Å². The van der Waals surface area contributed by atoms with E-state index in [2.05, 4.69) is 4.98 Å². The number of pyridine rings is 1. The van der Waals surface area contributed by atoms with Crippen molar-refractivity contribution >= 4 is 11.6 Å². The molecule has 0 saturated heterocycles. The molecule has 0 radical (unpaired) electrons. The minimum atomic E-state index is -4.55. The molecule has 0 fully saturated rings. The molecule has 1 aromatic carbocycles. The first-order chi connectivity index (χ1) is 9.29. The van der Waals surface area contributed by atoms with E-state index in [0.717, 1.165) is 12.1 Å². The molecule has 1 heterocycles. The highest BCUT2D eigenvalue weighted by Crippen LogP contribution is 2.29. The fourth-order valence-corrected chi connectivity index (χ4v) is 1.85. The molecule has 1 atom stereocenters. The zero-order chi connectivity index (χ0) is 14.9. The van der Waals surface area contributed by atoms with Gasteiger partial charge in [-0.15, -0.1) is 0 Å². The van der Waals surface area contributed by atoms with E-state index in [-0.39, 0.29) is 10.7 Å². The van der Waals surface area contributed by atoms with Crippen molar-refractivity contribution in [3.05, 3.63) is 64.2 Å². The zero-order valence-electron chi connectivity index (χ0n) is 9.96. The number of halogens is 5. The van der Waals surface area contributed by atoms with Crippen LogP contribution in [-0.4, -0.2) is 4.98 Å². The standard InChI is InChI=1S/C13H9ClF4N2/c14-8-6-7(4-5-9(8)15)12(19)10-2-1-3-11(20-10)13(16,17)18/h1-6,12H,19H2/t12-/m1/s1. The fraction of sp³-hybridized carbons (Fsp3) is 0.154. The molecule has 0 amide bonds. The summed E-state index contributed by atoms with van der Waals surface area (Å²) in [6.07, 6.45) is -4.55.